The van der Waals surface area contributed by atoms with E-state index in [1.807, 2.05) is 44.1 Å². The summed E-state index contributed by atoms with van der Waals surface area (Å²) in [5.74, 6) is -0.737. The highest BCUT2D eigenvalue weighted by molar-refractivity contribution is 6.09. The second-order valence-corrected chi connectivity index (χ2v) is 9.98. The SMILES string of the molecule is Cc1ncc(NC(=O)c2cc(C(F)(F)F)cc(CCCN(C)C)c2N)cc1-c1ccc2c(c1)[nH]c1ncncc12. The number of benzene rings is 2. The highest BCUT2D eigenvalue weighted by Crippen LogP contribution is 2.35. The Morgan fingerprint density at radius 2 is 1.88 bits per heavy atom. The molecule has 0 aliphatic carbocycles. The molecule has 8 nitrogen and oxygen atoms in total. The molecule has 0 aliphatic rings. The molecular formula is C29H28F3N7O. The smallest absolute Gasteiger partial charge is 0.398 e. The standard InChI is InChI=1S/C29H28F3N7O/c1-16-22(17-6-7-21-24-14-34-15-36-27(24)38-25(21)10-17)12-20(13-35-16)37-28(40)23-11-19(29(30,31)32)9-18(26(23)33)5-4-8-39(2)3/h6-7,9-15H,4-5,8,33H2,1-3H3,(H,37,40)(H,34,36,38). The fourth-order valence-electron chi connectivity index (χ4n) is 4.75. The number of hydrogen-bond acceptors (Lipinski definition) is 6. The third kappa shape index (κ3) is 5.46. The van der Waals surface area contributed by atoms with Gasteiger partial charge in [0.2, 0.25) is 0 Å². The maximum absolute atomic E-state index is 13.7. The van der Waals surface area contributed by atoms with E-state index in [2.05, 4.69) is 25.3 Å². The molecule has 0 saturated carbocycles. The number of pyridine rings is 1. The molecule has 2 aromatic carbocycles. The van der Waals surface area contributed by atoms with Gasteiger partial charge >= 0.3 is 6.18 Å². The number of hydrogen-bond donors (Lipinski definition) is 3. The molecule has 11 heteroatoms. The largest absolute Gasteiger partial charge is 0.416 e. The topological polar surface area (TPSA) is 113 Å². The predicted molar refractivity (Wildman–Crippen MR) is 150 cm³/mol. The zero-order valence-corrected chi connectivity index (χ0v) is 22.2. The Morgan fingerprint density at radius 3 is 2.62 bits per heavy atom. The highest BCUT2D eigenvalue weighted by atomic mass is 19.4. The zero-order valence-electron chi connectivity index (χ0n) is 22.2. The third-order valence-electron chi connectivity index (χ3n) is 6.82. The van der Waals surface area contributed by atoms with Crippen molar-refractivity contribution < 1.29 is 18.0 Å². The number of rotatable bonds is 7. The van der Waals surface area contributed by atoms with Gasteiger partial charge in [-0.15, -0.1) is 0 Å². The number of halogens is 3. The van der Waals surface area contributed by atoms with Crippen LogP contribution >= 0.6 is 0 Å². The molecule has 0 aliphatic heterocycles. The van der Waals surface area contributed by atoms with Crippen LogP contribution in [0, 0.1) is 6.92 Å². The van der Waals surface area contributed by atoms with Crippen LogP contribution < -0.4 is 11.1 Å². The molecule has 5 aromatic rings. The van der Waals surface area contributed by atoms with Crippen LogP contribution in [0.25, 0.3) is 33.1 Å². The maximum Gasteiger partial charge on any atom is 0.416 e. The van der Waals surface area contributed by atoms with Gasteiger partial charge in [0.25, 0.3) is 5.91 Å². The number of carbonyl (C=O) groups excluding carboxylic acids is 1. The Kier molecular flexibility index (Phi) is 7.16. The number of anilines is 2. The van der Waals surface area contributed by atoms with Crippen LogP contribution in [0.5, 0.6) is 0 Å². The molecular weight excluding hydrogens is 519 g/mol. The van der Waals surface area contributed by atoms with Crippen molar-refractivity contribution in [2.45, 2.75) is 25.9 Å². The van der Waals surface area contributed by atoms with Crippen molar-refractivity contribution >= 4 is 39.2 Å². The Hall–Kier alpha value is -4.51. The molecule has 0 radical (unpaired) electrons. The number of fused-ring (bicyclic) bond motifs is 3. The molecule has 0 spiro atoms. The molecule has 0 saturated heterocycles. The molecule has 1 amide bonds. The van der Waals surface area contributed by atoms with Crippen molar-refractivity contribution in [1.29, 1.82) is 0 Å². The van der Waals surface area contributed by atoms with E-state index in [0.717, 1.165) is 50.9 Å². The van der Waals surface area contributed by atoms with Crippen LogP contribution in [0.3, 0.4) is 0 Å². The normalized spacial score (nSPS) is 12.0. The van der Waals surface area contributed by atoms with Crippen LogP contribution in [0.2, 0.25) is 0 Å². The van der Waals surface area contributed by atoms with Crippen LogP contribution in [-0.4, -0.2) is 51.4 Å². The molecule has 0 fully saturated rings. The Balaban J connectivity index is 1.46. The number of alkyl halides is 3. The number of amides is 1. The lowest BCUT2D eigenvalue weighted by atomic mass is 9.98. The van der Waals surface area contributed by atoms with E-state index < -0.39 is 17.6 Å². The van der Waals surface area contributed by atoms with Crippen molar-refractivity contribution in [3.63, 3.8) is 0 Å². The average Bonchev–Trinajstić information content (AvgIpc) is 3.27. The Bertz CT molecular complexity index is 1730. The van der Waals surface area contributed by atoms with Crippen LogP contribution in [0.1, 0.15) is 33.6 Å². The minimum Gasteiger partial charge on any atom is -0.398 e. The Morgan fingerprint density at radius 1 is 1.07 bits per heavy atom. The third-order valence-corrected chi connectivity index (χ3v) is 6.82. The maximum atomic E-state index is 13.7. The summed E-state index contributed by atoms with van der Waals surface area (Å²) in [5, 5.41) is 4.56. The predicted octanol–water partition coefficient (Wildman–Crippen LogP) is 5.83. The minimum absolute atomic E-state index is 0.0388. The summed E-state index contributed by atoms with van der Waals surface area (Å²) in [7, 11) is 3.76. The second kappa shape index (κ2) is 10.6. The molecule has 206 valence electrons. The molecule has 3 heterocycles. The van der Waals surface area contributed by atoms with Gasteiger partial charge in [-0.25, -0.2) is 9.97 Å². The van der Waals surface area contributed by atoms with Crippen LogP contribution in [0.15, 0.2) is 55.1 Å². The first-order chi connectivity index (χ1) is 19.0. The first kappa shape index (κ1) is 27.1. The molecule has 4 N–H and O–H groups in total. The van der Waals surface area contributed by atoms with Crippen LogP contribution in [-0.2, 0) is 12.6 Å². The van der Waals surface area contributed by atoms with E-state index in [0.29, 0.717) is 30.6 Å². The number of H-pyrrole nitrogens is 1. The number of aromatic nitrogens is 4. The van der Waals surface area contributed by atoms with Crippen LogP contribution in [0.4, 0.5) is 24.5 Å². The second-order valence-electron chi connectivity index (χ2n) is 9.98. The zero-order chi connectivity index (χ0) is 28.6. The number of nitrogens with two attached hydrogens (primary N) is 1. The first-order valence-electron chi connectivity index (χ1n) is 12.7. The van der Waals surface area contributed by atoms with Gasteiger partial charge < -0.3 is 20.9 Å². The van der Waals surface area contributed by atoms with E-state index in [1.165, 1.54) is 12.5 Å². The highest BCUT2D eigenvalue weighted by Gasteiger charge is 2.33. The summed E-state index contributed by atoms with van der Waals surface area (Å²) in [6.45, 7) is 2.51. The molecule has 0 atom stereocenters. The monoisotopic (exact) mass is 547 g/mol. The molecule has 3 aromatic heterocycles. The van der Waals surface area contributed by atoms with Crippen molar-refractivity contribution in [3.8, 4) is 11.1 Å². The van der Waals surface area contributed by atoms with Crippen molar-refractivity contribution in [3.05, 3.63) is 77.5 Å². The number of nitrogens with zero attached hydrogens (tertiary/aromatic N) is 4. The van der Waals surface area contributed by atoms with Gasteiger partial charge in [0, 0.05) is 39.4 Å². The number of aromatic amines is 1. The number of carbonyl (C=O) groups is 1. The summed E-state index contributed by atoms with van der Waals surface area (Å²) < 4.78 is 41.1. The summed E-state index contributed by atoms with van der Waals surface area (Å²) in [6.07, 6.45) is 0.976. The lowest BCUT2D eigenvalue weighted by Crippen LogP contribution is -2.19. The summed E-state index contributed by atoms with van der Waals surface area (Å²) in [5.41, 5.74) is 9.65. The fraction of sp³-hybridized carbons (Fsp3) is 0.241. The van der Waals surface area contributed by atoms with Gasteiger partial charge in [-0.1, -0.05) is 12.1 Å². The van der Waals surface area contributed by atoms with E-state index in [-0.39, 0.29) is 11.3 Å². The van der Waals surface area contributed by atoms with Crippen molar-refractivity contribution in [2.75, 3.05) is 31.7 Å². The minimum atomic E-state index is -4.62. The molecule has 0 bridgehead atoms. The fourth-order valence-corrected chi connectivity index (χ4v) is 4.75. The molecule has 0 unspecified atom stereocenters. The van der Waals surface area contributed by atoms with E-state index >= 15 is 0 Å². The number of nitrogens with one attached hydrogen (secondary N) is 2. The molecule has 5 rings (SSSR count). The Labute approximate surface area is 228 Å². The van der Waals surface area contributed by atoms with Gasteiger partial charge in [0.1, 0.15) is 12.0 Å². The summed E-state index contributed by atoms with van der Waals surface area (Å²) in [4.78, 5) is 31.2. The van der Waals surface area contributed by atoms with Gasteiger partial charge in [0.15, 0.2) is 0 Å². The summed E-state index contributed by atoms with van der Waals surface area (Å²) >= 11 is 0. The first-order valence-corrected chi connectivity index (χ1v) is 12.7. The lowest BCUT2D eigenvalue weighted by molar-refractivity contribution is -0.137. The average molecular weight is 548 g/mol. The lowest BCUT2D eigenvalue weighted by Gasteiger charge is -2.17. The van der Waals surface area contributed by atoms with Gasteiger partial charge in [-0.05, 0) is 75.8 Å². The molecule has 40 heavy (non-hydrogen) atoms. The van der Waals surface area contributed by atoms with E-state index in [1.54, 1.807) is 12.3 Å². The van der Waals surface area contributed by atoms with Gasteiger partial charge in [-0.2, -0.15) is 13.2 Å². The van der Waals surface area contributed by atoms with Gasteiger partial charge in [0.05, 0.1) is 23.0 Å². The number of aryl methyl sites for hydroxylation is 2. The van der Waals surface area contributed by atoms with Crippen molar-refractivity contribution in [1.82, 2.24) is 24.8 Å². The summed E-state index contributed by atoms with van der Waals surface area (Å²) in [6, 6.07) is 9.42. The van der Waals surface area contributed by atoms with E-state index in [9.17, 15) is 18.0 Å². The van der Waals surface area contributed by atoms with E-state index in [4.69, 9.17) is 5.73 Å². The quantitative estimate of drug-likeness (QED) is 0.221. The van der Waals surface area contributed by atoms with Crippen molar-refractivity contribution in [2.24, 2.45) is 0 Å². The number of nitrogen functional groups attached to an aromatic ring is 1. The van der Waals surface area contributed by atoms with Gasteiger partial charge in [-0.3, -0.25) is 9.78 Å².